The second-order valence-corrected chi connectivity index (χ2v) is 5.06. The van der Waals surface area contributed by atoms with Gasteiger partial charge in [-0.3, -0.25) is 20.5 Å². The first-order valence-electron chi connectivity index (χ1n) is 6.06. The molecule has 0 bridgehead atoms. The van der Waals surface area contributed by atoms with Crippen LogP contribution in [-0.4, -0.2) is 27.4 Å². The fourth-order valence-electron chi connectivity index (χ4n) is 1.42. The van der Waals surface area contributed by atoms with Crippen LogP contribution in [-0.2, 0) is 4.79 Å². The Morgan fingerprint density at radius 3 is 2.65 bits per heavy atom. The number of amides is 1. The highest BCUT2D eigenvalue weighted by atomic mass is 16.2. The predicted molar refractivity (Wildman–Crippen MR) is 75.5 cm³/mol. The number of aliphatic imine (C=N–C) groups is 1. The van der Waals surface area contributed by atoms with Crippen LogP contribution < -0.4 is 10.7 Å². The Morgan fingerprint density at radius 1 is 1.50 bits per heavy atom. The van der Waals surface area contributed by atoms with Crippen molar-refractivity contribution in [2.45, 2.75) is 33.2 Å². The number of nitrogens with one attached hydrogen (secondary N) is 2. The van der Waals surface area contributed by atoms with Gasteiger partial charge in [0, 0.05) is 13.1 Å². The summed E-state index contributed by atoms with van der Waals surface area (Å²) in [5.41, 5.74) is 2.77. The SMILES string of the molecule is CC(=O)NN(C(=Nc1cccnc1)NC#N)C(C)(C)C. The summed E-state index contributed by atoms with van der Waals surface area (Å²) in [6.45, 7) is 7.06. The van der Waals surface area contributed by atoms with E-state index in [1.54, 1.807) is 24.5 Å². The zero-order valence-corrected chi connectivity index (χ0v) is 12.0. The number of nitrogens with zero attached hydrogens (tertiary/aromatic N) is 4. The smallest absolute Gasteiger partial charge is 0.235 e. The van der Waals surface area contributed by atoms with Gasteiger partial charge in [-0.05, 0) is 32.9 Å². The van der Waals surface area contributed by atoms with E-state index >= 15 is 0 Å². The van der Waals surface area contributed by atoms with Gasteiger partial charge in [-0.25, -0.2) is 10.0 Å². The Labute approximate surface area is 118 Å². The van der Waals surface area contributed by atoms with Crippen LogP contribution in [0.1, 0.15) is 27.7 Å². The van der Waals surface area contributed by atoms with Crippen LogP contribution in [0.4, 0.5) is 5.69 Å². The Hall–Kier alpha value is -2.62. The number of guanidine groups is 1. The molecular weight excluding hydrogens is 256 g/mol. The van der Waals surface area contributed by atoms with E-state index in [-0.39, 0.29) is 11.9 Å². The topological polar surface area (TPSA) is 93.4 Å². The van der Waals surface area contributed by atoms with Crippen LogP contribution >= 0.6 is 0 Å². The summed E-state index contributed by atoms with van der Waals surface area (Å²) in [5, 5.41) is 12.9. The summed E-state index contributed by atoms with van der Waals surface area (Å²) in [7, 11) is 0. The van der Waals surface area contributed by atoms with Gasteiger partial charge < -0.3 is 0 Å². The molecule has 0 aliphatic rings. The molecule has 0 atom stereocenters. The van der Waals surface area contributed by atoms with E-state index in [0.717, 1.165) is 0 Å². The van der Waals surface area contributed by atoms with Crippen molar-refractivity contribution < 1.29 is 4.79 Å². The van der Waals surface area contributed by atoms with E-state index in [9.17, 15) is 4.79 Å². The van der Waals surface area contributed by atoms with Gasteiger partial charge in [0.05, 0.1) is 17.4 Å². The monoisotopic (exact) mass is 274 g/mol. The van der Waals surface area contributed by atoms with Crippen LogP contribution in [0, 0.1) is 11.5 Å². The van der Waals surface area contributed by atoms with Crippen molar-refractivity contribution in [3.05, 3.63) is 24.5 Å². The largest absolute Gasteiger partial charge is 0.274 e. The summed E-state index contributed by atoms with van der Waals surface area (Å²) in [6, 6.07) is 3.49. The molecule has 1 amide bonds. The summed E-state index contributed by atoms with van der Waals surface area (Å²) >= 11 is 0. The number of pyridine rings is 1. The maximum absolute atomic E-state index is 11.3. The molecule has 0 radical (unpaired) electrons. The molecule has 1 rings (SSSR count). The number of hydrogen-bond donors (Lipinski definition) is 2. The molecule has 20 heavy (non-hydrogen) atoms. The van der Waals surface area contributed by atoms with Gasteiger partial charge in [0.25, 0.3) is 0 Å². The first-order chi connectivity index (χ1) is 9.34. The quantitative estimate of drug-likeness (QED) is 0.265. The van der Waals surface area contributed by atoms with Crippen LogP contribution in [0.2, 0.25) is 0 Å². The zero-order valence-electron chi connectivity index (χ0n) is 12.0. The number of aromatic nitrogens is 1. The number of carbonyl (C=O) groups excluding carboxylic acids is 1. The Bertz CT molecular complexity index is 526. The van der Waals surface area contributed by atoms with Crippen LogP contribution in [0.3, 0.4) is 0 Å². The minimum Gasteiger partial charge on any atom is -0.274 e. The lowest BCUT2D eigenvalue weighted by Crippen LogP contribution is -2.58. The van der Waals surface area contributed by atoms with E-state index in [2.05, 4.69) is 20.7 Å². The first kappa shape index (κ1) is 15.4. The number of hydrogen-bond acceptors (Lipinski definition) is 4. The molecule has 0 fully saturated rings. The van der Waals surface area contributed by atoms with Gasteiger partial charge in [0.15, 0.2) is 6.19 Å². The highest BCUT2D eigenvalue weighted by Gasteiger charge is 2.26. The van der Waals surface area contributed by atoms with E-state index in [0.29, 0.717) is 5.69 Å². The summed E-state index contributed by atoms with van der Waals surface area (Å²) in [4.78, 5) is 19.6. The van der Waals surface area contributed by atoms with Crippen LogP contribution in [0.5, 0.6) is 0 Å². The van der Waals surface area contributed by atoms with Gasteiger partial charge in [-0.15, -0.1) is 0 Å². The molecule has 2 N–H and O–H groups in total. The molecule has 0 spiro atoms. The molecule has 7 heteroatoms. The van der Waals surface area contributed by atoms with Crippen molar-refractivity contribution in [2.24, 2.45) is 4.99 Å². The number of hydrazine groups is 1. The second-order valence-electron chi connectivity index (χ2n) is 5.06. The lowest BCUT2D eigenvalue weighted by molar-refractivity contribution is -0.123. The molecule has 0 aliphatic carbocycles. The van der Waals surface area contributed by atoms with Crippen LogP contribution in [0.25, 0.3) is 0 Å². The fourth-order valence-corrected chi connectivity index (χ4v) is 1.42. The molecule has 7 nitrogen and oxygen atoms in total. The lowest BCUT2D eigenvalue weighted by atomic mass is 10.1. The molecule has 1 aromatic heterocycles. The highest BCUT2D eigenvalue weighted by Crippen LogP contribution is 2.14. The van der Waals surface area contributed by atoms with Crippen molar-refractivity contribution in [1.82, 2.24) is 20.7 Å². The van der Waals surface area contributed by atoms with Gasteiger partial charge >= 0.3 is 0 Å². The standard InChI is InChI=1S/C13H18N6O/c1-10(20)18-19(13(2,3)4)12(16-9-14)17-11-6-5-7-15-8-11/h5-8H,1-4H3,(H,16,17)(H,18,20). The molecule has 1 heterocycles. The molecule has 0 aromatic carbocycles. The normalized spacial score (nSPS) is 11.4. The van der Waals surface area contributed by atoms with Crippen molar-refractivity contribution in [3.8, 4) is 6.19 Å². The van der Waals surface area contributed by atoms with E-state index in [4.69, 9.17) is 5.26 Å². The van der Waals surface area contributed by atoms with Crippen molar-refractivity contribution in [2.75, 3.05) is 0 Å². The van der Waals surface area contributed by atoms with Crippen LogP contribution in [0.15, 0.2) is 29.5 Å². The minimum absolute atomic E-state index is 0.225. The van der Waals surface area contributed by atoms with Gasteiger partial charge in [0.1, 0.15) is 0 Å². The number of nitriles is 1. The number of carbonyl (C=O) groups is 1. The number of rotatable bonds is 1. The minimum atomic E-state index is -0.462. The summed E-state index contributed by atoms with van der Waals surface area (Å²) in [5.74, 6) is -0.0262. The second kappa shape index (κ2) is 6.52. The average Bonchev–Trinajstić information content (AvgIpc) is 2.35. The molecule has 0 saturated carbocycles. The summed E-state index contributed by atoms with van der Waals surface area (Å²) in [6.07, 6.45) is 5.01. The van der Waals surface area contributed by atoms with Gasteiger partial charge in [-0.2, -0.15) is 5.26 Å². The third-order valence-electron chi connectivity index (χ3n) is 2.20. The van der Waals surface area contributed by atoms with Crippen molar-refractivity contribution in [1.29, 1.82) is 5.26 Å². The average molecular weight is 274 g/mol. The third kappa shape index (κ3) is 4.57. The Morgan fingerprint density at radius 2 is 2.20 bits per heavy atom. The zero-order chi connectivity index (χ0) is 15.2. The molecular formula is C13H18N6O. The highest BCUT2D eigenvalue weighted by molar-refractivity contribution is 5.86. The van der Waals surface area contributed by atoms with Crippen molar-refractivity contribution >= 4 is 17.6 Å². The molecule has 106 valence electrons. The maximum Gasteiger partial charge on any atom is 0.235 e. The first-order valence-corrected chi connectivity index (χ1v) is 6.06. The van der Waals surface area contributed by atoms with Gasteiger partial charge in [0.2, 0.25) is 11.9 Å². The summed E-state index contributed by atoms with van der Waals surface area (Å²) < 4.78 is 0. The molecule has 0 unspecified atom stereocenters. The third-order valence-corrected chi connectivity index (χ3v) is 2.20. The van der Waals surface area contributed by atoms with Crippen molar-refractivity contribution in [3.63, 3.8) is 0 Å². The fraction of sp³-hybridized carbons (Fsp3) is 0.385. The van der Waals surface area contributed by atoms with Gasteiger partial charge in [-0.1, -0.05) is 0 Å². The maximum atomic E-state index is 11.3. The van der Waals surface area contributed by atoms with E-state index in [1.807, 2.05) is 27.0 Å². The Kier molecular flexibility index (Phi) is 5.03. The van der Waals surface area contributed by atoms with E-state index in [1.165, 1.54) is 11.9 Å². The Balaban J connectivity index is 3.18. The predicted octanol–water partition coefficient (Wildman–Crippen LogP) is 1.29. The van der Waals surface area contributed by atoms with E-state index < -0.39 is 5.54 Å². The lowest BCUT2D eigenvalue weighted by Gasteiger charge is -2.36. The molecule has 0 saturated heterocycles. The molecule has 1 aromatic rings. The molecule has 0 aliphatic heterocycles.